The van der Waals surface area contributed by atoms with Gasteiger partial charge in [-0.05, 0) is 18.2 Å². The van der Waals surface area contributed by atoms with E-state index >= 15 is 0 Å². The van der Waals surface area contributed by atoms with E-state index in [-0.39, 0.29) is 16.5 Å². The minimum absolute atomic E-state index is 0.0377. The lowest BCUT2D eigenvalue weighted by atomic mass is 10.2. The summed E-state index contributed by atoms with van der Waals surface area (Å²) in [4.78, 5) is 23.5. The van der Waals surface area contributed by atoms with Crippen molar-refractivity contribution in [1.82, 2.24) is 0 Å². The molecule has 2 rings (SSSR count). The average molecular weight is 348 g/mol. The molecule has 9 heteroatoms. The van der Waals surface area contributed by atoms with Gasteiger partial charge >= 0.3 is 18.6 Å². The molecule has 0 unspecified atom stereocenters. The van der Waals surface area contributed by atoms with Crippen LogP contribution in [0.15, 0.2) is 30.0 Å². The number of carbonyl (C=O) groups excluding carboxylic acids is 2. The van der Waals surface area contributed by atoms with Gasteiger partial charge in [-0.15, -0.1) is 0 Å². The lowest BCUT2D eigenvalue weighted by Crippen LogP contribution is -2.42. The largest absolute Gasteiger partial charge is 0.433 e. The SMILES string of the molecule is CC1(C)OC(=O)C(=CNc2cc(Cl)ccc2OC(F)F)C(=O)O1. The van der Waals surface area contributed by atoms with Crippen LogP contribution in [0.1, 0.15) is 13.8 Å². The van der Waals surface area contributed by atoms with E-state index in [0.717, 1.165) is 6.20 Å². The van der Waals surface area contributed by atoms with Gasteiger partial charge < -0.3 is 19.5 Å². The van der Waals surface area contributed by atoms with E-state index in [4.69, 9.17) is 21.1 Å². The standard InChI is InChI=1S/C14H12ClF2NO5/c1-14(2)22-11(19)8(12(20)23-14)6-18-9-5-7(15)3-4-10(9)21-13(16)17/h3-6,13,18H,1-2H3. The number of hydrogen-bond donors (Lipinski definition) is 1. The predicted molar refractivity (Wildman–Crippen MR) is 76.1 cm³/mol. The van der Waals surface area contributed by atoms with Crippen LogP contribution in [0.4, 0.5) is 14.5 Å². The highest BCUT2D eigenvalue weighted by Gasteiger charge is 2.39. The molecule has 1 aliphatic heterocycles. The smallest absolute Gasteiger partial charge is 0.387 e. The Morgan fingerprint density at radius 3 is 2.43 bits per heavy atom. The van der Waals surface area contributed by atoms with Gasteiger partial charge in [-0.1, -0.05) is 11.6 Å². The molecule has 0 bridgehead atoms. The van der Waals surface area contributed by atoms with Crippen molar-refractivity contribution in [1.29, 1.82) is 0 Å². The molecule has 0 amide bonds. The van der Waals surface area contributed by atoms with Crippen molar-refractivity contribution in [3.05, 3.63) is 35.0 Å². The first-order chi connectivity index (χ1) is 10.7. The summed E-state index contributed by atoms with van der Waals surface area (Å²) in [5, 5.41) is 2.75. The number of hydrogen-bond acceptors (Lipinski definition) is 6. The Balaban J connectivity index is 2.24. The molecule has 0 atom stereocenters. The maximum Gasteiger partial charge on any atom is 0.387 e. The first-order valence-corrected chi connectivity index (χ1v) is 6.73. The molecule has 23 heavy (non-hydrogen) atoms. The molecule has 1 aromatic rings. The molecule has 1 N–H and O–H groups in total. The van der Waals surface area contributed by atoms with Crippen molar-refractivity contribution in [2.45, 2.75) is 26.2 Å². The van der Waals surface area contributed by atoms with Crippen molar-refractivity contribution >= 4 is 29.2 Å². The van der Waals surface area contributed by atoms with Crippen LogP contribution >= 0.6 is 11.6 Å². The highest BCUT2D eigenvalue weighted by Crippen LogP contribution is 2.30. The van der Waals surface area contributed by atoms with Gasteiger partial charge in [0, 0.05) is 25.1 Å². The second-order valence-corrected chi connectivity index (χ2v) is 5.34. The zero-order valence-corrected chi connectivity index (χ0v) is 12.8. The van der Waals surface area contributed by atoms with Crippen LogP contribution in [-0.4, -0.2) is 24.3 Å². The van der Waals surface area contributed by atoms with Gasteiger partial charge in [0.1, 0.15) is 5.75 Å². The minimum atomic E-state index is -3.05. The van der Waals surface area contributed by atoms with Gasteiger partial charge in [-0.2, -0.15) is 8.78 Å². The van der Waals surface area contributed by atoms with Crippen molar-refractivity contribution in [2.24, 2.45) is 0 Å². The Kier molecular flexibility index (Phi) is 4.74. The molecule has 0 saturated carbocycles. The third-order valence-corrected chi connectivity index (χ3v) is 2.88. The molecule has 1 aromatic carbocycles. The Morgan fingerprint density at radius 1 is 1.26 bits per heavy atom. The molecular formula is C14H12ClF2NO5. The Hall–Kier alpha value is -2.35. The highest BCUT2D eigenvalue weighted by atomic mass is 35.5. The normalized spacial score (nSPS) is 16.7. The average Bonchev–Trinajstić information content (AvgIpc) is 2.38. The summed E-state index contributed by atoms with van der Waals surface area (Å²) in [5.41, 5.74) is -0.386. The summed E-state index contributed by atoms with van der Waals surface area (Å²) >= 11 is 5.78. The van der Waals surface area contributed by atoms with Crippen LogP contribution in [0.25, 0.3) is 0 Å². The van der Waals surface area contributed by atoms with E-state index in [1.54, 1.807) is 0 Å². The van der Waals surface area contributed by atoms with E-state index in [9.17, 15) is 18.4 Å². The third-order valence-electron chi connectivity index (χ3n) is 2.65. The van der Waals surface area contributed by atoms with Gasteiger partial charge in [0.25, 0.3) is 5.79 Å². The Morgan fingerprint density at radius 2 is 1.87 bits per heavy atom. The molecule has 0 spiro atoms. The lowest BCUT2D eigenvalue weighted by molar-refractivity contribution is -0.222. The molecule has 1 fully saturated rings. The molecule has 6 nitrogen and oxygen atoms in total. The lowest BCUT2D eigenvalue weighted by Gasteiger charge is -2.29. The molecule has 1 heterocycles. The number of alkyl halides is 2. The van der Waals surface area contributed by atoms with Crippen LogP contribution in [-0.2, 0) is 19.1 Å². The van der Waals surface area contributed by atoms with E-state index in [0.29, 0.717) is 0 Å². The van der Waals surface area contributed by atoms with Gasteiger partial charge in [0.2, 0.25) is 0 Å². The van der Waals surface area contributed by atoms with E-state index in [1.165, 1.54) is 32.0 Å². The first kappa shape index (κ1) is 17.0. The topological polar surface area (TPSA) is 73.9 Å². The number of rotatable bonds is 4. The molecule has 0 radical (unpaired) electrons. The fourth-order valence-electron chi connectivity index (χ4n) is 1.74. The molecule has 1 saturated heterocycles. The van der Waals surface area contributed by atoms with Gasteiger partial charge in [-0.25, -0.2) is 9.59 Å². The molecule has 124 valence electrons. The van der Waals surface area contributed by atoms with Crippen molar-refractivity contribution in [3.63, 3.8) is 0 Å². The number of carbonyl (C=O) groups is 2. The highest BCUT2D eigenvalue weighted by molar-refractivity contribution is 6.31. The predicted octanol–water partition coefficient (Wildman–Crippen LogP) is 3.07. The van der Waals surface area contributed by atoms with Gasteiger partial charge in [0.15, 0.2) is 5.57 Å². The maximum atomic E-state index is 12.4. The molecule has 1 aliphatic rings. The van der Waals surface area contributed by atoms with E-state index in [2.05, 4.69) is 10.1 Å². The zero-order chi connectivity index (χ0) is 17.2. The van der Waals surface area contributed by atoms with Crippen LogP contribution in [0.3, 0.4) is 0 Å². The van der Waals surface area contributed by atoms with Crippen LogP contribution < -0.4 is 10.1 Å². The van der Waals surface area contributed by atoms with Crippen LogP contribution in [0.2, 0.25) is 5.02 Å². The number of benzene rings is 1. The van der Waals surface area contributed by atoms with Crippen LogP contribution in [0, 0.1) is 0 Å². The van der Waals surface area contributed by atoms with Crippen molar-refractivity contribution in [2.75, 3.05) is 5.32 Å². The number of cyclic esters (lactones) is 2. The minimum Gasteiger partial charge on any atom is -0.433 e. The third kappa shape index (κ3) is 4.32. The summed E-state index contributed by atoms with van der Waals surface area (Å²) in [6, 6.07) is 3.86. The number of esters is 2. The first-order valence-electron chi connectivity index (χ1n) is 6.36. The van der Waals surface area contributed by atoms with E-state index < -0.39 is 29.9 Å². The summed E-state index contributed by atoms with van der Waals surface area (Å²) in [5.74, 6) is -3.39. The summed E-state index contributed by atoms with van der Waals surface area (Å²) in [7, 11) is 0. The fourth-order valence-corrected chi connectivity index (χ4v) is 1.91. The summed E-state index contributed by atoms with van der Waals surface area (Å²) in [6.07, 6.45) is 0.976. The quantitative estimate of drug-likeness (QED) is 0.512. The van der Waals surface area contributed by atoms with Crippen molar-refractivity contribution in [3.8, 4) is 5.75 Å². The molecular weight excluding hydrogens is 336 g/mol. The number of halogens is 3. The van der Waals surface area contributed by atoms with E-state index in [1.807, 2.05) is 0 Å². The molecule has 0 aromatic heterocycles. The molecule has 0 aliphatic carbocycles. The summed E-state index contributed by atoms with van der Waals surface area (Å²) in [6.45, 7) is -0.244. The second-order valence-electron chi connectivity index (χ2n) is 4.90. The van der Waals surface area contributed by atoms with Gasteiger partial charge in [-0.3, -0.25) is 0 Å². The monoisotopic (exact) mass is 347 g/mol. The number of anilines is 1. The number of ether oxygens (including phenoxy) is 3. The Bertz CT molecular complexity index is 653. The summed E-state index contributed by atoms with van der Waals surface area (Å²) < 4.78 is 38.8. The Labute approximate surface area is 135 Å². The van der Waals surface area contributed by atoms with Gasteiger partial charge in [0.05, 0.1) is 5.69 Å². The fraction of sp³-hybridized carbons (Fsp3) is 0.286. The van der Waals surface area contributed by atoms with Crippen LogP contribution in [0.5, 0.6) is 5.75 Å². The number of nitrogens with one attached hydrogen (secondary N) is 1. The zero-order valence-electron chi connectivity index (χ0n) is 12.1. The second kappa shape index (κ2) is 6.41. The maximum absolute atomic E-state index is 12.4. The van der Waals surface area contributed by atoms with Crippen molar-refractivity contribution < 1.29 is 32.6 Å².